The second kappa shape index (κ2) is 11.4. The number of amides is 4. The van der Waals surface area contributed by atoms with Crippen molar-refractivity contribution in [2.75, 3.05) is 23.8 Å². The van der Waals surface area contributed by atoms with Crippen LogP contribution in [0.5, 0.6) is 5.75 Å². The number of fused-ring (bicyclic) bond motifs is 1. The first kappa shape index (κ1) is 26.0. The van der Waals surface area contributed by atoms with Gasteiger partial charge in [0.25, 0.3) is 23.6 Å². The molecule has 0 atom stereocenters. The maximum atomic E-state index is 13.4. The van der Waals surface area contributed by atoms with Crippen LogP contribution in [0.3, 0.4) is 0 Å². The van der Waals surface area contributed by atoms with Gasteiger partial charge in [-0.1, -0.05) is 19.1 Å². The molecular weight excluding hydrogens is 496 g/mol. The van der Waals surface area contributed by atoms with Crippen molar-refractivity contribution < 1.29 is 23.9 Å². The summed E-state index contributed by atoms with van der Waals surface area (Å²) in [5.41, 5.74) is 3.59. The SMILES string of the molecule is CCCNC(=O)c1ccc(NC(=O)c2ccc(CN(C(=O)c3ccc4c(c3)OCC(=O)N4)C3CC3)cc2)cc1. The molecule has 0 spiro atoms. The summed E-state index contributed by atoms with van der Waals surface area (Å²) in [6.45, 7) is 2.95. The summed E-state index contributed by atoms with van der Waals surface area (Å²) in [7, 11) is 0. The summed E-state index contributed by atoms with van der Waals surface area (Å²) < 4.78 is 5.47. The summed E-state index contributed by atoms with van der Waals surface area (Å²) in [6.07, 6.45) is 2.76. The van der Waals surface area contributed by atoms with E-state index in [1.807, 2.05) is 24.0 Å². The summed E-state index contributed by atoms with van der Waals surface area (Å²) in [4.78, 5) is 51.6. The molecule has 9 nitrogen and oxygen atoms in total. The molecule has 3 aromatic carbocycles. The van der Waals surface area contributed by atoms with Crippen molar-refractivity contribution in [2.24, 2.45) is 0 Å². The Labute approximate surface area is 226 Å². The zero-order chi connectivity index (χ0) is 27.4. The lowest BCUT2D eigenvalue weighted by Crippen LogP contribution is -2.33. The number of ether oxygens (including phenoxy) is 1. The molecule has 5 rings (SSSR count). The lowest BCUT2D eigenvalue weighted by atomic mass is 10.1. The highest BCUT2D eigenvalue weighted by Gasteiger charge is 2.33. The van der Waals surface area contributed by atoms with Gasteiger partial charge in [0.15, 0.2) is 6.61 Å². The molecule has 9 heteroatoms. The van der Waals surface area contributed by atoms with Gasteiger partial charge in [-0.2, -0.15) is 0 Å². The third-order valence-electron chi connectivity index (χ3n) is 6.62. The minimum Gasteiger partial charge on any atom is -0.482 e. The zero-order valence-electron chi connectivity index (χ0n) is 21.7. The molecule has 1 saturated carbocycles. The van der Waals surface area contributed by atoms with Gasteiger partial charge in [0, 0.05) is 41.5 Å². The van der Waals surface area contributed by atoms with Gasteiger partial charge in [0.05, 0.1) is 5.69 Å². The summed E-state index contributed by atoms with van der Waals surface area (Å²) in [5.74, 6) is -0.239. The number of nitrogens with zero attached hydrogens (tertiary/aromatic N) is 1. The van der Waals surface area contributed by atoms with Gasteiger partial charge in [-0.05, 0) is 79.4 Å². The summed E-state index contributed by atoms with van der Waals surface area (Å²) in [6, 6.07) is 19.2. The fraction of sp³-hybridized carbons (Fsp3) is 0.267. The second-order valence-electron chi connectivity index (χ2n) is 9.70. The van der Waals surface area contributed by atoms with Gasteiger partial charge in [0.2, 0.25) is 0 Å². The van der Waals surface area contributed by atoms with Crippen LogP contribution in [0.25, 0.3) is 0 Å². The fourth-order valence-corrected chi connectivity index (χ4v) is 4.33. The van der Waals surface area contributed by atoms with Gasteiger partial charge in [0.1, 0.15) is 5.75 Å². The van der Waals surface area contributed by atoms with Gasteiger partial charge in [-0.3, -0.25) is 19.2 Å². The Hall–Kier alpha value is -4.66. The van der Waals surface area contributed by atoms with Crippen LogP contribution in [0.2, 0.25) is 0 Å². The molecule has 3 N–H and O–H groups in total. The van der Waals surface area contributed by atoms with Crippen LogP contribution in [0.4, 0.5) is 11.4 Å². The van der Waals surface area contributed by atoms with Crippen LogP contribution < -0.4 is 20.7 Å². The smallest absolute Gasteiger partial charge is 0.262 e. The van der Waals surface area contributed by atoms with Gasteiger partial charge in [-0.15, -0.1) is 0 Å². The Balaban J connectivity index is 1.21. The normalized spacial score (nSPS) is 13.9. The summed E-state index contributed by atoms with van der Waals surface area (Å²) in [5, 5.41) is 8.41. The number of nitrogens with one attached hydrogen (secondary N) is 3. The minimum absolute atomic E-state index is 0.0710. The molecule has 1 fully saturated rings. The molecule has 0 unspecified atom stereocenters. The second-order valence-corrected chi connectivity index (χ2v) is 9.70. The number of carbonyl (C=O) groups excluding carboxylic acids is 4. The lowest BCUT2D eigenvalue weighted by Gasteiger charge is -2.24. The van der Waals surface area contributed by atoms with E-state index >= 15 is 0 Å². The first-order valence-electron chi connectivity index (χ1n) is 13.1. The Kier molecular flexibility index (Phi) is 7.58. The van der Waals surface area contributed by atoms with E-state index in [1.54, 1.807) is 54.6 Å². The van der Waals surface area contributed by atoms with E-state index in [9.17, 15) is 19.2 Å². The standard InChI is InChI=1S/C30H30N4O5/c1-2-15-31-28(36)20-7-10-23(11-8-20)32-29(37)21-5-3-19(4-6-21)17-34(24-12-13-24)30(38)22-9-14-25-26(16-22)39-18-27(35)33-25/h3-11,14,16,24H,2,12-13,15,17-18H2,1H3,(H,31,36)(H,32,37)(H,33,35). The van der Waals surface area contributed by atoms with Crippen LogP contribution >= 0.6 is 0 Å². The zero-order valence-corrected chi connectivity index (χ0v) is 21.7. The topological polar surface area (TPSA) is 117 Å². The van der Waals surface area contributed by atoms with Crippen molar-refractivity contribution in [2.45, 2.75) is 38.8 Å². The largest absolute Gasteiger partial charge is 0.482 e. The highest BCUT2D eigenvalue weighted by Crippen LogP contribution is 2.33. The van der Waals surface area contributed by atoms with E-state index in [2.05, 4.69) is 16.0 Å². The maximum absolute atomic E-state index is 13.4. The number of hydrogen-bond donors (Lipinski definition) is 3. The van der Waals surface area contributed by atoms with Gasteiger partial charge < -0.3 is 25.6 Å². The highest BCUT2D eigenvalue weighted by atomic mass is 16.5. The van der Waals surface area contributed by atoms with Crippen LogP contribution in [0, 0.1) is 0 Å². The molecule has 4 amide bonds. The van der Waals surface area contributed by atoms with Crippen molar-refractivity contribution in [3.05, 3.63) is 89.0 Å². The predicted octanol–water partition coefficient (Wildman–Crippen LogP) is 4.21. The van der Waals surface area contributed by atoms with E-state index in [-0.39, 0.29) is 36.3 Å². The van der Waals surface area contributed by atoms with Crippen LogP contribution in [0.15, 0.2) is 66.7 Å². The molecule has 3 aromatic rings. The summed E-state index contributed by atoms with van der Waals surface area (Å²) >= 11 is 0. The van der Waals surface area contributed by atoms with Crippen molar-refractivity contribution in [1.82, 2.24) is 10.2 Å². The quantitative estimate of drug-likeness (QED) is 0.386. The van der Waals surface area contributed by atoms with Gasteiger partial charge >= 0.3 is 0 Å². The van der Waals surface area contributed by atoms with E-state index in [0.29, 0.717) is 46.9 Å². The number of rotatable bonds is 9. The molecular formula is C30H30N4O5. The average molecular weight is 527 g/mol. The fourth-order valence-electron chi connectivity index (χ4n) is 4.33. The average Bonchev–Trinajstić information content (AvgIpc) is 3.80. The monoisotopic (exact) mass is 526 g/mol. The molecule has 0 radical (unpaired) electrons. The lowest BCUT2D eigenvalue weighted by molar-refractivity contribution is -0.118. The molecule has 2 aliphatic rings. The predicted molar refractivity (Wildman–Crippen MR) is 147 cm³/mol. The molecule has 1 heterocycles. The van der Waals surface area contributed by atoms with Crippen LogP contribution in [-0.2, 0) is 11.3 Å². The third kappa shape index (κ3) is 6.26. The van der Waals surface area contributed by atoms with E-state index in [4.69, 9.17) is 4.74 Å². The molecule has 0 bridgehead atoms. The van der Waals surface area contributed by atoms with Crippen molar-refractivity contribution in [1.29, 1.82) is 0 Å². The Morgan fingerprint density at radius 3 is 2.28 bits per heavy atom. The van der Waals surface area contributed by atoms with E-state index in [1.165, 1.54) is 0 Å². The molecule has 39 heavy (non-hydrogen) atoms. The van der Waals surface area contributed by atoms with E-state index < -0.39 is 0 Å². The molecule has 200 valence electrons. The number of anilines is 2. The van der Waals surface area contributed by atoms with Crippen LogP contribution in [0.1, 0.15) is 62.8 Å². The Morgan fingerprint density at radius 1 is 0.923 bits per heavy atom. The first-order chi connectivity index (χ1) is 18.9. The number of carbonyl (C=O) groups is 4. The first-order valence-corrected chi connectivity index (χ1v) is 13.1. The molecule has 1 aliphatic heterocycles. The minimum atomic E-state index is -0.263. The van der Waals surface area contributed by atoms with Crippen LogP contribution in [-0.4, -0.2) is 47.7 Å². The number of benzene rings is 3. The number of hydrogen-bond acceptors (Lipinski definition) is 5. The maximum Gasteiger partial charge on any atom is 0.262 e. The third-order valence-corrected chi connectivity index (χ3v) is 6.62. The van der Waals surface area contributed by atoms with Crippen molar-refractivity contribution in [3.8, 4) is 5.75 Å². The van der Waals surface area contributed by atoms with Gasteiger partial charge in [-0.25, -0.2) is 0 Å². The molecule has 1 aliphatic carbocycles. The Morgan fingerprint density at radius 2 is 1.59 bits per heavy atom. The van der Waals surface area contributed by atoms with Crippen molar-refractivity contribution in [3.63, 3.8) is 0 Å². The molecule has 0 aromatic heterocycles. The Bertz CT molecular complexity index is 1400. The molecule has 0 saturated heterocycles. The highest BCUT2D eigenvalue weighted by molar-refractivity contribution is 6.04. The van der Waals surface area contributed by atoms with Crippen molar-refractivity contribution >= 4 is 35.0 Å². The van der Waals surface area contributed by atoms with E-state index in [0.717, 1.165) is 24.8 Å².